The van der Waals surface area contributed by atoms with Crippen LogP contribution in [0, 0.1) is 0 Å². The van der Waals surface area contributed by atoms with Crippen molar-refractivity contribution in [2.24, 2.45) is 7.05 Å². The maximum Gasteiger partial charge on any atom is 0.254 e. The Morgan fingerprint density at radius 2 is 2.15 bits per heavy atom. The van der Waals surface area contributed by atoms with Crippen LogP contribution in [0.4, 0.5) is 0 Å². The maximum atomic E-state index is 12.6. The highest BCUT2D eigenvalue weighted by Gasteiger charge is 2.34. The van der Waals surface area contributed by atoms with Crippen molar-refractivity contribution in [3.05, 3.63) is 36.0 Å². The highest BCUT2D eigenvalue weighted by Crippen LogP contribution is 2.23. The molecule has 0 bridgehead atoms. The Hall–Kier alpha value is -1.85. The third-order valence-electron chi connectivity index (χ3n) is 3.99. The van der Waals surface area contributed by atoms with Gasteiger partial charge in [-0.3, -0.25) is 4.79 Å². The zero-order valence-electron chi connectivity index (χ0n) is 11.6. The molecule has 1 aliphatic rings. The highest BCUT2D eigenvalue weighted by atomic mass is 16.5. The largest absolute Gasteiger partial charge is 0.388 e. The molecule has 0 aliphatic carbocycles. The number of β-amino-alcohol motifs (C(OH)–C–C–N with tert-alkyl or cyclic N) is 1. The number of likely N-dealkylation sites (tertiary alicyclic amines) is 1. The number of ether oxygens (including phenoxy) is 1. The first-order valence-electron chi connectivity index (χ1n) is 6.66. The number of amides is 1. The van der Waals surface area contributed by atoms with Crippen LogP contribution in [0.3, 0.4) is 0 Å². The van der Waals surface area contributed by atoms with Crippen LogP contribution in [0.1, 0.15) is 10.4 Å². The van der Waals surface area contributed by atoms with E-state index < -0.39 is 6.10 Å². The van der Waals surface area contributed by atoms with Crippen molar-refractivity contribution in [3.8, 4) is 0 Å². The van der Waals surface area contributed by atoms with Crippen LogP contribution >= 0.6 is 0 Å². The molecule has 0 spiro atoms. The standard InChI is InChI=1S/C15H18N2O3/c1-16-7-6-10-11(4-3-5-12(10)16)15(19)17-8-13(18)14(9-17)20-2/h3-7,13-14,18H,8-9H2,1-2H3/t13-,14-/m0/s1. The molecule has 2 heterocycles. The van der Waals surface area contributed by atoms with Gasteiger partial charge in [-0.25, -0.2) is 0 Å². The van der Waals surface area contributed by atoms with Crippen molar-refractivity contribution >= 4 is 16.8 Å². The minimum Gasteiger partial charge on any atom is -0.388 e. The first-order chi connectivity index (χ1) is 9.61. The number of nitrogens with zero attached hydrogens (tertiary/aromatic N) is 2. The SMILES string of the molecule is CO[C@H]1CN(C(=O)c2cccc3c2ccn3C)C[C@@H]1O. The van der Waals surface area contributed by atoms with E-state index in [2.05, 4.69) is 0 Å². The summed E-state index contributed by atoms with van der Waals surface area (Å²) in [6.45, 7) is 0.750. The summed E-state index contributed by atoms with van der Waals surface area (Å²) in [7, 11) is 3.51. The summed E-state index contributed by atoms with van der Waals surface area (Å²) >= 11 is 0. The second-order valence-corrected chi connectivity index (χ2v) is 5.22. The first kappa shape index (κ1) is 13.1. The number of aliphatic hydroxyl groups is 1. The molecule has 5 heteroatoms. The maximum absolute atomic E-state index is 12.6. The quantitative estimate of drug-likeness (QED) is 0.889. The van der Waals surface area contributed by atoms with Crippen molar-refractivity contribution in [1.82, 2.24) is 9.47 Å². The van der Waals surface area contributed by atoms with E-state index >= 15 is 0 Å². The van der Waals surface area contributed by atoms with E-state index in [0.717, 1.165) is 10.9 Å². The van der Waals surface area contributed by atoms with Crippen LogP contribution in [0.2, 0.25) is 0 Å². The normalized spacial score (nSPS) is 22.6. The van der Waals surface area contributed by atoms with Crippen molar-refractivity contribution in [2.75, 3.05) is 20.2 Å². The highest BCUT2D eigenvalue weighted by molar-refractivity contribution is 6.06. The predicted octanol–water partition coefficient (Wildman–Crippen LogP) is 1.01. The summed E-state index contributed by atoms with van der Waals surface area (Å²) < 4.78 is 7.17. The lowest BCUT2D eigenvalue weighted by molar-refractivity contribution is 0.0215. The van der Waals surface area contributed by atoms with Crippen molar-refractivity contribution in [2.45, 2.75) is 12.2 Å². The lowest BCUT2D eigenvalue weighted by Gasteiger charge is -2.16. The monoisotopic (exact) mass is 274 g/mol. The summed E-state index contributed by atoms with van der Waals surface area (Å²) in [4.78, 5) is 14.3. The average molecular weight is 274 g/mol. The fraction of sp³-hybridized carbons (Fsp3) is 0.400. The number of hydrogen-bond acceptors (Lipinski definition) is 3. The molecule has 1 aromatic carbocycles. The zero-order valence-corrected chi connectivity index (χ0v) is 11.6. The molecule has 5 nitrogen and oxygen atoms in total. The molecule has 1 saturated heterocycles. The molecule has 20 heavy (non-hydrogen) atoms. The summed E-state index contributed by atoms with van der Waals surface area (Å²) in [5, 5.41) is 10.8. The van der Waals surface area contributed by atoms with Crippen LogP contribution in [0.25, 0.3) is 10.9 Å². The number of aliphatic hydroxyl groups excluding tert-OH is 1. The molecule has 2 aromatic rings. The van der Waals surface area contributed by atoms with Gasteiger partial charge in [0.25, 0.3) is 5.91 Å². The Morgan fingerprint density at radius 1 is 1.35 bits per heavy atom. The first-order valence-corrected chi connectivity index (χ1v) is 6.66. The van der Waals surface area contributed by atoms with E-state index in [1.54, 1.807) is 12.0 Å². The fourth-order valence-electron chi connectivity index (χ4n) is 2.81. The fourth-order valence-corrected chi connectivity index (χ4v) is 2.81. The van der Waals surface area contributed by atoms with E-state index in [1.807, 2.05) is 42.1 Å². The van der Waals surface area contributed by atoms with Gasteiger partial charge in [0.05, 0.1) is 6.10 Å². The summed E-state index contributed by atoms with van der Waals surface area (Å²) in [6, 6.07) is 7.65. The Labute approximate surface area is 117 Å². The third kappa shape index (κ3) is 1.99. The number of aryl methyl sites for hydroxylation is 1. The smallest absolute Gasteiger partial charge is 0.254 e. The van der Waals surface area contributed by atoms with Gasteiger partial charge in [-0.2, -0.15) is 0 Å². The number of aromatic nitrogens is 1. The summed E-state index contributed by atoms with van der Waals surface area (Å²) in [5.41, 5.74) is 1.70. The van der Waals surface area contributed by atoms with Crippen molar-refractivity contribution in [3.63, 3.8) is 0 Å². The Balaban J connectivity index is 1.94. The number of carbonyl (C=O) groups is 1. The topological polar surface area (TPSA) is 54.7 Å². The van der Waals surface area contributed by atoms with E-state index in [0.29, 0.717) is 18.7 Å². The molecule has 2 atom stereocenters. The summed E-state index contributed by atoms with van der Waals surface area (Å²) in [5.74, 6) is -0.0552. The summed E-state index contributed by atoms with van der Waals surface area (Å²) in [6.07, 6.45) is 1.03. The molecule has 0 unspecified atom stereocenters. The lowest BCUT2D eigenvalue weighted by atomic mass is 10.1. The molecule has 106 valence electrons. The van der Waals surface area contributed by atoms with Gasteiger partial charge in [-0.15, -0.1) is 0 Å². The van der Waals surface area contributed by atoms with Gasteiger partial charge in [-0.1, -0.05) is 6.07 Å². The van der Waals surface area contributed by atoms with Crippen molar-refractivity contribution < 1.29 is 14.6 Å². The Kier molecular flexibility index (Phi) is 3.23. The zero-order chi connectivity index (χ0) is 14.3. The third-order valence-corrected chi connectivity index (χ3v) is 3.99. The van der Waals surface area contributed by atoms with Crippen molar-refractivity contribution in [1.29, 1.82) is 0 Å². The number of benzene rings is 1. The van der Waals surface area contributed by atoms with Crippen LogP contribution in [0.5, 0.6) is 0 Å². The lowest BCUT2D eigenvalue weighted by Crippen LogP contribution is -2.30. The van der Waals surface area contributed by atoms with Gasteiger partial charge in [0, 0.05) is 49.9 Å². The second-order valence-electron chi connectivity index (χ2n) is 5.22. The van der Waals surface area contributed by atoms with E-state index in [-0.39, 0.29) is 12.0 Å². The number of rotatable bonds is 2. The Bertz CT molecular complexity index is 650. The van der Waals surface area contributed by atoms with Crippen LogP contribution in [0.15, 0.2) is 30.5 Å². The van der Waals surface area contributed by atoms with Crippen LogP contribution < -0.4 is 0 Å². The molecule has 0 radical (unpaired) electrons. The molecule has 1 N–H and O–H groups in total. The molecular formula is C15H18N2O3. The Morgan fingerprint density at radius 3 is 2.85 bits per heavy atom. The molecule has 1 aromatic heterocycles. The van der Waals surface area contributed by atoms with Gasteiger partial charge >= 0.3 is 0 Å². The molecule has 1 aliphatic heterocycles. The average Bonchev–Trinajstić information content (AvgIpc) is 3.01. The second kappa shape index (κ2) is 4.92. The number of methoxy groups -OCH3 is 1. The molecule has 1 amide bonds. The van der Waals surface area contributed by atoms with Crippen LogP contribution in [-0.2, 0) is 11.8 Å². The minimum absolute atomic E-state index is 0.0552. The van der Waals surface area contributed by atoms with E-state index in [9.17, 15) is 9.90 Å². The van der Waals surface area contributed by atoms with Gasteiger partial charge in [0.1, 0.15) is 6.10 Å². The van der Waals surface area contributed by atoms with E-state index in [4.69, 9.17) is 4.74 Å². The molecule has 1 fully saturated rings. The number of hydrogen-bond donors (Lipinski definition) is 1. The predicted molar refractivity (Wildman–Crippen MR) is 75.6 cm³/mol. The van der Waals surface area contributed by atoms with Crippen LogP contribution in [-0.4, -0.2) is 52.9 Å². The van der Waals surface area contributed by atoms with E-state index in [1.165, 1.54) is 0 Å². The van der Waals surface area contributed by atoms with Gasteiger partial charge in [0.2, 0.25) is 0 Å². The minimum atomic E-state index is -0.612. The molecular weight excluding hydrogens is 256 g/mol. The van der Waals surface area contributed by atoms with Gasteiger partial charge in [-0.05, 0) is 18.2 Å². The molecule has 3 rings (SSSR count). The van der Waals surface area contributed by atoms with Gasteiger partial charge < -0.3 is 19.3 Å². The van der Waals surface area contributed by atoms with Gasteiger partial charge in [0.15, 0.2) is 0 Å². The number of fused-ring (bicyclic) bond motifs is 1. The number of carbonyl (C=O) groups excluding carboxylic acids is 1. The molecule has 0 saturated carbocycles.